The predicted octanol–water partition coefficient (Wildman–Crippen LogP) is 2.98. The third-order valence-electron chi connectivity index (χ3n) is 2.46. The molecule has 0 fully saturated rings. The number of hydrogen-bond donors (Lipinski definition) is 0. The van der Waals surface area contributed by atoms with Gasteiger partial charge in [0.1, 0.15) is 7.14 Å². The Hall–Kier alpha value is -0.810. The van der Waals surface area contributed by atoms with Gasteiger partial charge >= 0.3 is 0 Å². The van der Waals surface area contributed by atoms with Crippen LogP contribution in [0.3, 0.4) is 0 Å². The quantitative estimate of drug-likeness (QED) is 0.625. The maximum absolute atomic E-state index is 12.3. The zero-order chi connectivity index (χ0) is 9.31. The zero-order valence-corrected chi connectivity index (χ0v) is 8.63. The van der Waals surface area contributed by atoms with Crippen LogP contribution in [0.2, 0.25) is 0 Å². The van der Waals surface area contributed by atoms with Gasteiger partial charge in [0.05, 0.1) is 0 Å². The Morgan fingerprint density at radius 2 is 1.92 bits per heavy atom. The smallest absolute Gasteiger partial charge is 0.136 e. The van der Waals surface area contributed by atoms with E-state index in [1.54, 1.807) is 0 Å². The SMILES string of the molecule is CC1=CP(=O)(c2ccccc2)CC1. The Kier molecular flexibility index (Phi) is 2.13. The first-order chi connectivity index (χ1) is 6.21. The molecule has 0 saturated carbocycles. The van der Waals surface area contributed by atoms with Gasteiger partial charge in [0.15, 0.2) is 0 Å². The summed E-state index contributed by atoms with van der Waals surface area (Å²) in [5.41, 5.74) is 1.27. The van der Waals surface area contributed by atoms with Gasteiger partial charge in [-0.3, -0.25) is 0 Å². The minimum atomic E-state index is -2.14. The van der Waals surface area contributed by atoms with E-state index < -0.39 is 7.14 Å². The standard InChI is InChI=1S/C11H13OP/c1-10-7-8-13(12,9-10)11-5-3-2-4-6-11/h2-6,9H,7-8H2,1H3. The van der Waals surface area contributed by atoms with Crippen LogP contribution in [0.1, 0.15) is 13.3 Å². The van der Waals surface area contributed by atoms with Gasteiger partial charge in [0.25, 0.3) is 0 Å². The third kappa shape index (κ3) is 1.62. The average molecular weight is 192 g/mol. The molecule has 0 N–H and O–H groups in total. The highest BCUT2D eigenvalue weighted by Crippen LogP contribution is 2.52. The maximum Gasteiger partial charge on any atom is 0.136 e. The number of allylic oxidation sites excluding steroid dienone is 1. The number of hydrogen-bond acceptors (Lipinski definition) is 1. The van der Waals surface area contributed by atoms with Gasteiger partial charge in [-0.1, -0.05) is 35.9 Å². The lowest BCUT2D eigenvalue weighted by molar-refractivity contribution is 0.587. The Balaban J connectivity index is 2.43. The van der Waals surface area contributed by atoms with E-state index in [9.17, 15) is 4.57 Å². The summed E-state index contributed by atoms with van der Waals surface area (Å²) < 4.78 is 12.3. The Bertz CT molecular complexity index is 378. The second-order valence-electron chi connectivity index (χ2n) is 3.58. The van der Waals surface area contributed by atoms with E-state index in [1.165, 1.54) is 5.57 Å². The van der Waals surface area contributed by atoms with Crippen LogP contribution in [0.5, 0.6) is 0 Å². The second kappa shape index (κ2) is 3.16. The summed E-state index contributed by atoms with van der Waals surface area (Å²) in [4.78, 5) is 0. The molecule has 1 aliphatic heterocycles. The normalized spacial score (nSPS) is 27.3. The minimum Gasteiger partial charge on any atom is -0.314 e. The average Bonchev–Trinajstić information content (AvgIpc) is 2.49. The largest absolute Gasteiger partial charge is 0.314 e. The van der Waals surface area contributed by atoms with Crippen LogP contribution in [0.15, 0.2) is 41.7 Å². The van der Waals surface area contributed by atoms with Crippen molar-refractivity contribution >= 4 is 12.4 Å². The molecule has 1 heterocycles. The van der Waals surface area contributed by atoms with Crippen LogP contribution < -0.4 is 5.30 Å². The summed E-state index contributed by atoms with van der Waals surface area (Å²) in [6.07, 6.45) is 1.81. The lowest BCUT2D eigenvalue weighted by atomic mass is 10.3. The number of benzene rings is 1. The minimum absolute atomic E-state index is 0.822. The Labute approximate surface area is 78.9 Å². The molecule has 1 aliphatic rings. The fraction of sp³-hybridized carbons (Fsp3) is 0.273. The summed E-state index contributed by atoms with van der Waals surface area (Å²) in [7, 11) is -2.14. The van der Waals surface area contributed by atoms with E-state index >= 15 is 0 Å². The monoisotopic (exact) mass is 192 g/mol. The van der Waals surface area contributed by atoms with E-state index in [1.807, 2.05) is 36.1 Å². The molecule has 2 heteroatoms. The molecule has 68 valence electrons. The molecule has 1 nitrogen and oxygen atoms in total. The summed E-state index contributed by atoms with van der Waals surface area (Å²) >= 11 is 0. The number of rotatable bonds is 1. The fourth-order valence-corrected chi connectivity index (χ4v) is 4.45. The fourth-order valence-electron chi connectivity index (χ4n) is 1.71. The summed E-state index contributed by atoms with van der Waals surface area (Å²) in [5, 5.41) is 1.01. The van der Waals surface area contributed by atoms with Crippen molar-refractivity contribution in [3.8, 4) is 0 Å². The van der Waals surface area contributed by atoms with Gasteiger partial charge in [-0.2, -0.15) is 0 Å². The molecule has 0 radical (unpaired) electrons. The van der Waals surface area contributed by atoms with Crippen LogP contribution in [-0.2, 0) is 4.57 Å². The maximum atomic E-state index is 12.3. The van der Waals surface area contributed by atoms with Crippen LogP contribution in [0.25, 0.3) is 0 Å². The molecule has 0 aromatic heterocycles. The highest BCUT2D eigenvalue weighted by molar-refractivity contribution is 7.74. The van der Waals surface area contributed by atoms with E-state index in [4.69, 9.17) is 0 Å². The molecule has 0 bridgehead atoms. The highest BCUT2D eigenvalue weighted by Gasteiger charge is 2.26. The molecule has 0 saturated heterocycles. The molecule has 1 aromatic carbocycles. The summed E-state index contributed by atoms with van der Waals surface area (Å²) in [6.45, 7) is 2.06. The van der Waals surface area contributed by atoms with Crippen LogP contribution in [-0.4, -0.2) is 6.16 Å². The lowest BCUT2D eigenvalue weighted by Gasteiger charge is -2.08. The topological polar surface area (TPSA) is 17.1 Å². The molecular formula is C11H13OP. The predicted molar refractivity (Wildman–Crippen MR) is 56.9 cm³/mol. The van der Waals surface area contributed by atoms with Gasteiger partial charge in [0.2, 0.25) is 0 Å². The summed E-state index contributed by atoms with van der Waals surface area (Å²) in [6, 6.07) is 9.81. The molecule has 1 aromatic rings. The van der Waals surface area contributed by atoms with Crippen molar-refractivity contribution in [2.75, 3.05) is 6.16 Å². The molecule has 1 unspecified atom stereocenters. The first kappa shape index (κ1) is 8.77. The highest BCUT2D eigenvalue weighted by atomic mass is 31.2. The molecule has 0 spiro atoms. The molecule has 2 rings (SSSR count). The lowest BCUT2D eigenvalue weighted by Crippen LogP contribution is -2.01. The molecule has 13 heavy (non-hydrogen) atoms. The molecule has 0 amide bonds. The molecular weight excluding hydrogens is 179 g/mol. The van der Waals surface area contributed by atoms with Crippen LogP contribution >= 0.6 is 7.14 Å². The van der Waals surface area contributed by atoms with Crippen molar-refractivity contribution in [1.82, 2.24) is 0 Å². The van der Waals surface area contributed by atoms with Crippen molar-refractivity contribution in [3.63, 3.8) is 0 Å². The zero-order valence-electron chi connectivity index (χ0n) is 7.73. The second-order valence-corrected chi connectivity index (χ2v) is 6.39. The van der Waals surface area contributed by atoms with E-state index in [-0.39, 0.29) is 0 Å². The first-order valence-corrected chi connectivity index (χ1v) is 6.49. The third-order valence-corrected chi connectivity index (χ3v) is 5.38. The van der Waals surface area contributed by atoms with E-state index in [0.29, 0.717) is 0 Å². The molecule has 1 atom stereocenters. The Morgan fingerprint density at radius 1 is 1.23 bits per heavy atom. The summed E-state index contributed by atoms with van der Waals surface area (Å²) in [5.74, 6) is 1.97. The van der Waals surface area contributed by atoms with Crippen molar-refractivity contribution in [2.24, 2.45) is 0 Å². The van der Waals surface area contributed by atoms with Gasteiger partial charge in [-0.15, -0.1) is 0 Å². The van der Waals surface area contributed by atoms with E-state index in [0.717, 1.165) is 17.9 Å². The van der Waals surface area contributed by atoms with Crippen molar-refractivity contribution < 1.29 is 4.57 Å². The van der Waals surface area contributed by atoms with Crippen molar-refractivity contribution in [3.05, 3.63) is 41.7 Å². The Morgan fingerprint density at radius 3 is 2.46 bits per heavy atom. The van der Waals surface area contributed by atoms with Crippen molar-refractivity contribution in [1.29, 1.82) is 0 Å². The van der Waals surface area contributed by atoms with Gasteiger partial charge in [0, 0.05) is 11.5 Å². The van der Waals surface area contributed by atoms with Gasteiger partial charge < -0.3 is 4.57 Å². The van der Waals surface area contributed by atoms with Gasteiger partial charge in [-0.25, -0.2) is 0 Å². The van der Waals surface area contributed by atoms with Crippen molar-refractivity contribution in [2.45, 2.75) is 13.3 Å². The van der Waals surface area contributed by atoms with E-state index in [2.05, 4.69) is 6.92 Å². The first-order valence-electron chi connectivity index (χ1n) is 4.53. The van der Waals surface area contributed by atoms with Crippen LogP contribution in [0.4, 0.5) is 0 Å². The van der Waals surface area contributed by atoms with Crippen LogP contribution in [0, 0.1) is 0 Å². The van der Waals surface area contributed by atoms with Gasteiger partial charge in [-0.05, 0) is 19.2 Å². The molecule has 0 aliphatic carbocycles.